The van der Waals surface area contributed by atoms with E-state index in [0.29, 0.717) is 15.2 Å². The highest BCUT2D eigenvalue weighted by molar-refractivity contribution is 9.11. The van der Waals surface area contributed by atoms with Crippen LogP contribution in [-0.4, -0.2) is 43.2 Å². The topological polar surface area (TPSA) is 105 Å². The van der Waals surface area contributed by atoms with Crippen molar-refractivity contribution >= 4 is 55.7 Å². The number of tetrazole rings is 1. The van der Waals surface area contributed by atoms with Gasteiger partial charge in [0.25, 0.3) is 5.91 Å². The van der Waals surface area contributed by atoms with E-state index in [2.05, 4.69) is 57.9 Å². The normalized spacial score (nSPS) is 11.0. The molecular formula is C16H12Br2N6O2S. The molecular weight excluding hydrogens is 500 g/mol. The predicted molar refractivity (Wildman–Crippen MR) is 109 cm³/mol. The number of hydrogen-bond donors (Lipinski definition) is 2. The van der Waals surface area contributed by atoms with Crippen molar-refractivity contribution in [3.05, 3.63) is 57.0 Å². The van der Waals surface area contributed by atoms with Gasteiger partial charge in [-0.2, -0.15) is 9.78 Å². The van der Waals surface area contributed by atoms with Crippen molar-refractivity contribution < 1.29 is 9.90 Å². The summed E-state index contributed by atoms with van der Waals surface area (Å²) in [5.41, 5.74) is 3.67. The van der Waals surface area contributed by atoms with Crippen LogP contribution in [0.3, 0.4) is 0 Å². The summed E-state index contributed by atoms with van der Waals surface area (Å²) in [5, 5.41) is 25.8. The van der Waals surface area contributed by atoms with Gasteiger partial charge in [0.2, 0.25) is 5.16 Å². The van der Waals surface area contributed by atoms with E-state index in [9.17, 15) is 9.90 Å². The number of nitrogens with one attached hydrogen (secondary N) is 1. The van der Waals surface area contributed by atoms with Crippen LogP contribution in [0, 0.1) is 0 Å². The fraction of sp³-hybridized carbons (Fsp3) is 0.0625. The number of thioether (sulfide) groups is 1. The largest absolute Gasteiger partial charge is 0.506 e. The number of aromatic hydroxyl groups is 1. The highest BCUT2D eigenvalue weighted by Gasteiger charge is 2.11. The van der Waals surface area contributed by atoms with E-state index in [-0.39, 0.29) is 17.4 Å². The molecule has 0 saturated carbocycles. The maximum atomic E-state index is 12.0. The van der Waals surface area contributed by atoms with Crippen molar-refractivity contribution in [3.8, 4) is 11.4 Å². The Morgan fingerprint density at radius 3 is 2.85 bits per heavy atom. The zero-order valence-corrected chi connectivity index (χ0v) is 17.6. The van der Waals surface area contributed by atoms with E-state index in [1.54, 1.807) is 16.8 Å². The summed E-state index contributed by atoms with van der Waals surface area (Å²) in [6, 6.07) is 12.8. The van der Waals surface area contributed by atoms with Crippen LogP contribution in [0.5, 0.6) is 5.75 Å². The van der Waals surface area contributed by atoms with Crippen LogP contribution >= 0.6 is 43.6 Å². The van der Waals surface area contributed by atoms with Gasteiger partial charge < -0.3 is 5.11 Å². The van der Waals surface area contributed by atoms with E-state index in [1.807, 2.05) is 30.3 Å². The Balaban J connectivity index is 1.58. The molecule has 27 heavy (non-hydrogen) atoms. The number of halogens is 2. The molecule has 0 aliphatic carbocycles. The average Bonchev–Trinajstić information content (AvgIpc) is 3.13. The molecule has 0 atom stereocenters. The number of benzene rings is 2. The van der Waals surface area contributed by atoms with Gasteiger partial charge in [-0.1, -0.05) is 45.9 Å². The van der Waals surface area contributed by atoms with E-state index < -0.39 is 0 Å². The minimum absolute atomic E-state index is 0.0348. The summed E-state index contributed by atoms with van der Waals surface area (Å²) in [6.07, 6.45) is 1.36. The molecule has 0 unspecified atom stereocenters. The number of aromatic nitrogens is 4. The van der Waals surface area contributed by atoms with Crippen LogP contribution in [0.2, 0.25) is 0 Å². The Labute approximate surface area is 175 Å². The standard InChI is InChI=1S/C16H12Br2N6O2S/c17-11-6-10(15(26)13(18)7-11)8-19-20-14(25)9-27-16-21-22-23-24(16)12-4-2-1-3-5-12/h1-8,26H,9H2,(H,20,25). The maximum Gasteiger partial charge on any atom is 0.250 e. The van der Waals surface area contributed by atoms with Crippen molar-refractivity contribution in [2.45, 2.75) is 5.16 Å². The van der Waals surface area contributed by atoms with Crippen LogP contribution in [0.4, 0.5) is 0 Å². The molecule has 0 aliphatic heterocycles. The number of nitrogens with zero attached hydrogens (tertiary/aromatic N) is 5. The Bertz CT molecular complexity index is 980. The van der Waals surface area contributed by atoms with Crippen molar-refractivity contribution in [2.75, 3.05) is 5.75 Å². The first-order valence-electron chi connectivity index (χ1n) is 7.51. The van der Waals surface area contributed by atoms with E-state index in [0.717, 1.165) is 10.2 Å². The molecule has 0 bridgehead atoms. The first-order valence-corrected chi connectivity index (χ1v) is 10.1. The molecule has 0 radical (unpaired) electrons. The molecule has 8 nitrogen and oxygen atoms in total. The van der Waals surface area contributed by atoms with Crippen LogP contribution in [0.1, 0.15) is 5.56 Å². The lowest BCUT2D eigenvalue weighted by atomic mass is 10.2. The Morgan fingerprint density at radius 1 is 1.30 bits per heavy atom. The van der Waals surface area contributed by atoms with Crippen molar-refractivity contribution in [2.24, 2.45) is 5.10 Å². The van der Waals surface area contributed by atoms with E-state index in [1.165, 1.54) is 18.0 Å². The van der Waals surface area contributed by atoms with Gasteiger partial charge in [-0.25, -0.2) is 5.43 Å². The summed E-state index contributed by atoms with van der Waals surface area (Å²) in [4.78, 5) is 12.0. The number of carbonyl (C=O) groups excluding carboxylic acids is 1. The first kappa shape index (κ1) is 19.5. The zero-order valence-electron chi connectivity index (χ0n) is 13.6. The first-order chi connectivity index (χ1) is 13.0. The predicted octanol–water partition coefficient (Wildman–Crippen LogP) is 3.14. The monoisotopic (exact) mass is 510 g/mol. The number of rotatable bonds is 6. The van der Waals surface area contributed by atoms with Gasteiger partial charge in [0, 0.05) is 10.0 Å². The minimum atomic E-state index is -0.326. The number of amides is 1. The smallest absolute Gasteiger partial charge is 0.250 e. The molecule has 2 aromatic carbocycles. The summed E-state index contributed by atoms with van der Waals surface area (Å²) in [7, 11) is 0. The summed E-state index contributed by atoms with van der Waals surface area (Å²) in [6.45, 7) is 0. The van der Waals surface area contributed by atoms with Gasteiger partial charge in [0.15, 0.2) is 0 Å². The summed E-state index contributed by atoms with van der Waals surface area (Å²) in [5.74, 6) is -0.210. The van der Waals surface area contributed by atoms with E-state index >= 15 is 0 Å². The van der Waals surface area contributed by atoms with Gasteiger partial charge in [-0.05, 0) is 50.6 Å². The third-order valence-corrected chi connectivity index (χ3v) is 5.21. The quantitative estimate of drug-likeness (QED) is 0.299. The van der Waals surface area contributed by atoms with E-state index in [4.69, 9.17) is 0 Å². The van der Waals surface area contributed by atoms with Crippen molar-refractivity contribution in [1.29, 1.82) is 0 Å². The van der Waals surface area contributed by atoms with Gasteiger partial charge in [-0.15, -0.1) is 5.10 Å². The number of phenolic OH excluding ortho intramolecular Hbond substituents is 1. The number of phenols is 1. The van der Waals surface area contributed by atoms with Crippen molar-refractivity contribution in [3.63, 3.8) is 0 Å². The lowest BCUT2D eigenvalue weighted by Crippen LogP contribution is -2.20. The summed E-state index contributed by atoms with van der Waals surface area (Å²) < 4.78 is 2.84. The highest BCUT2D eigenvalue weighted by Crippen LogP contribution is 2.30. The molecule has 3 aromatic rings. The molecule has 11 heteroatoms. The molecule has 1 heterocycles. The minimum Gasteiger partial charge on any atom is -0.506 e. The third-order valence-electron chi connectivity index (χ3n) is 3.22. The Morgan fingerprint density at radius 2 is 2.07 bits per heavy atom. The fourth-order valence-corrected chi connectivity index (χ4v) is 3.96. The summed E-state index contributed by atoms with van der Waals surface area (Å²) >= 11 is 7.75. The zero-order chi connectivity index (χ0) is 19.2. The van der Waals surface area contributed by atoms with Crippen LogP contribution < -0.4 is 5.43 Å². The van der Waals surface area contributed by atoms with Crippen molar-refractivity contribution in [1.82, 2.24) is 25.6 Å². The maximum absolute atomic E-state index is 12.0. The third kappa shape index (κ3) is 5.15. The second-order valence-corrected chi connectivity index (χ2v) is 7.83. The molecule has 0 saturated heterocycles. The highest BCUT2D eigenvalue weighted by atomic mass is 79.9. The molecule has 1 amide bonds. The number of hydrogen-bond acceptors (Lipinski definition) is 7. The molecule has 0 spiro atoms. The lowest BCUT2D eigenvalue weighted by Gasteiger charge is -2.04. The number of carbonyl (C=O) groups is 1. The second kappa shape index (κ2) is 9.11. The lowest BCUT2D eigenvalue weighted by molar-refractivity contribution is -0.118. The van der Waals surface area contributed by atoms with Gasteiger partial charge in [0.05, 0.1) is 22.1 Å². The molecule has 1 aromatic heterocycles. The average molecular weight is 512 g/mol. The van der Waals surface area contributed by atoms with Gasteiger partial charge in [-0.3, -0.25) is 4.79 Å². The molecule has 3 rings (SSSR count). The Hall–Kier alpha value is -2.24. The molecule has 0 fully saturated rings. The Kier molecular flexibility index (Phi) is 6.58. The fourth-order valence-electron chi connectivity index (χ4n) is 2.02. The second-order valence-electron chi connectivity index (χ2n) is 5.12. The van der Waals surface area contributed by atoms with Gasteiger partial charge >= 0.3 is 0 Å². The number of hydrazone groups is 1. The molecule has 138 valence electrons. The number of para-hydroxylation sites is 1. The van der Waals surface area contributed by atoms with Crippen LogP contribution in [0.15, 0.2) is 61.7 Å². The van der Waals surface area contributed by atoms with Crippen LogP contribution in [-0.2, 0) is 4.79 Å². The van der Waals surface area contributed by atoms with Gasteiger partial charge in [0.1, 0.15) is 5.75 Å². The van der Waals surface area contributed by atoms with Crippen LogP contribution in [0.25, 0.3) is 5.69 Å². The molecule has 0 aliphatic rings. The molecule has 2 N–H and O–H groups in total. The SMILES string of the molecule is O=C(CSc1nnnn1-c1ccccc1)NN=Cc1cc(Br)cc(Br)c1O.